The summed E-state index contributed by atoms with van der Waals surface area (Å²) >= 11 is 0. The molecule has 0 aliphatic carbocycles. The Bertz CT molecular complexity index is 849. The van der Waals surface area contributed by atoms with Gasteiger partial charge in [0.25, 0.3) is 5.91 Å². The molecule has 0 spiro atoms. The molecule has 30 heavy (non-hydrogen) atoms. The monoisotopic (exact) mass is 410 g/mol. The molecule has 1 aliphatic rings. The number of rotatable bonds is 7. The standard InChI is InChI=1S/C23H34N6O/c1-18-16-19(2)29(27-18)15-7-12-25-23(24-3)26-17-20-8-10-21(11-9-20)22(30)28-13-5-4-6-14-28/h8-11,16H,4-7,12-15,17H2,1-3H3,(H2,24,25,26). The van der Waals surface area contributed by atoms with Crippen LogP contribution >= 0.6 is 0 Å². The Hall–Kier alpha value is -2.83. The number of aliphatic imine (C=N–C) groups is 1. The first kappa shape index (κ1) is 21.9. The summed E-state index contributed by atoms with van der Waals surface area (Å²) in [6.45, 7) is 8.23. The minimum atomic E-state index is 0.147. The highest BCUT2D eigenvalue weighted by atomic mass is 16.2. The predicted molar refractivity (Wildman–Crippen MR) is 121 cm³/mol. The number of nitrogens with one attached hydrogen (secondary N) is 2. The van der Waals surface area contributed by atoms with E-state index in [4.69, 9.17) is 0 Å². The number of carbonyl (C=O) groups is 1. The number of nitrogens with zero attached hydrogens (tertiary/aromatic N) is 4. The summed E-state index contributed by atoms with van der Waals surface area (Å²) in [7, 11) is 1.77. The molecule has 7 heteroatoms. The molecule has 7 nitrogen and oxygen atoms in total. The fourth-order valence-corrected chi connectivity index (χ4v) is 3.79. The van der Waals surface area contributed by atoms with Crippen molar-refractivity contribution < 1.29 is 4.79 Å². The number of aromatic nitrogens is 2. The van der Waals surface area contributed by atoms with E-state index in [1.54, 1.807) is 7.05 Å². The maximum Gasteiger partial charge on any atom is 0.253 e. The summed E-state index contributed by atoms with van der Waals surface area (Å²) in [6.07, 6.45) is 4.42. The zero-order chi connectivity index (χ0) is 21.3. The highest BCUT2D eigenvalue weighted by molar-refractivity contribution is 5.94. The molecule has 0 saturated carbocycles. The second-order valence-corrected chi connectivity index (χ2v) is 7.91. The van der Waals surface area contributed by atoms with Crippen LogP contribution in [0.1, 0.15) is 53.0 Å². The summed E-state index contributed by atoms with van der Waals surface area (Å²) in [5.74, 6) is 0.922. The van der Waals surface area contributed by atoms with Gasteiger partial charge in [0, 0.05) is 51.0 Å². The Kier molecular flexibility index (Phi) is 7.88. The Morgan fingerprint density at radius 3 is 2.47 bits per heavy atom. The van der Waals surface area contributed by atoms with Gasteiger partial charge in [0.15, 0.2) is 5.96 Å². The van der Waals surface area contributed by atoms with Gasteiger partial charge in [-0.2, -0.15) is 5.10 Å². The second-order valence-electron chi connectivity index (χ2n) is 7.91. The van der Waals surface area contributed by atoms with Crippen LogP contribution in [-0.4, -0.2) is 53.2 Å². The molecule has 1 aromatic heterocycles. The van der Waals surface area contributed by atoms with Crippen molar-refractivity contribution in [1.82, 2.24) is 25.3 Å². The van der Waals surface area contributed by atoms with Crippen molar-refractivity contribution in [3.05, 3.63) is 52.8 Å². The van der Waals surface area contributed by atoms with Crippen LogP contribution in [0.15, 0.2) is 35.3 Å². The van der Waals surface area contributed by atoms with Crippen molar-refractivity contribution in [2.75, 3.05) is 26.7 Å². The Morgan fingerprint density at radius 1 is 1.10 bits per heavy atom. The van der Waals surface area contributed by atoms with E-state index in [-0.39, 0.29) is 5.91 Å². The van der Waals surface area contributed by atoms with Gasteiger partial charge < -0.3 is 15.5 Å². The smallest absolute Gasteiger partial charge is 0.253 e. The van der Waals surface area contributed by atoms with Crippen LogP contribution < -0.4 is 10.6 Å². The lowest BCUT2D eigenvalue weighted by atomic mass is 10.1. The number of aryl methyl sites for hydroxylation is 3. The summed E-state index contributed by atoms with van der Waals surface area (Å²) in [5, 5.41) is 11.2. The summed E-state index contributed by atoms with van der Waals surface area (Å²) in [6, 6.07) is 9.98. The van der Waals surface area contributed by atoms with Crippen LogP contribution in [0, 0.1) is 13.8 Å². The van der Waals surface area contributed by atoms with Gasteiger partial charge in [0.1, 0.15) is 0 Å². The quantitative estimate of drug-likeness (QED) is 0.418. The van der Waals surface area contributed by atoms with Crippen LogP contribution in [0.4, 0.5) is 0 Å². The molecule has 1 aromatic carbocycles. The second kappa shape index (κ2) is 10.8. The maximum atomic E-state index is 12.6. The van der Waals surface area contributed by atoms with Crippen LogP contribution in [0.5, 0.6) is 0 Å². The molecule has 2 N–H and O–H groups in total. The first-order chi connectivity index (χ1) is 14.6. The van der Waals surface area contributed by atoms with Crippen molar-refractivity contribution >= 4 is 11.9 Å². The number of piperidine rings is 1. The molecule has 0 bridgehead atoms. The molecule has 2 heterocycles. The third-order valence-corrected chi connectivity index (χ3v) is 5.47. The van der Waals surface area contributed by atoms with Gasteiger partial charge in [-0.3, -0.25) is 14.5 Å². The van der Waals surface area contributed by atoms with Crippen molar-refractivity contribution in [2.24, 2.45) is 4.99 Å². The molecule has 1 aliphatic heterocycles. The Balaban J connectivity index is 1.41. The molecule has 2 aromatic rings. The van der Waals surface area contributed by atoms with Crippen molar-refractivity contribution in [1.29, 1.82) is 0 Å². The van der Waals surface area contributed by atoms with Gasteiger partial charge in [-0.25, -0.2) is 0 Å². The minimum absolute atomic E-state index is 0.147. The molecule has 3 rings (SSSR count). The topological polar surface area (TPSA) is 74.5 Å². The number of amides is 1. The number of carbonyl (C=O) groups excluding carboxylic acids is 1. The van der Waals surface area contributed by atoms with Gasteiger partial charge in [-0.05, 0) is 63.3 Å². The fraction of sp³-hybridized carbons (Fsp3) is 0.522. The lowest BCUT2D eigenvalue weighted by molar-refractivity contribution is 0.0724. The molecule has 0 unspecified atom stereocenters. The SMILES string of the molecule is CN=C(NCCCn1nc(C)cc1C)NCc1ccc(C(=O)N2CCCCC2)cc1. The molecule has 0 radical (unpaired) electrons. The molecule has 162 valence electrons. The van der Waals surface area contributed by atoms with Crippen LogP contribution in [0.2, 0.25) is 0 Å². The zero-order valence-electron chi connectivity index (χ0n) is 18.4. The van der Waals surface area contributed by atoms with E-state index >= 15 is 0 Å². The third kappa shape index (κ3) is 6.08. The minimum Gasteiger partial charge on any atom is -0.356 e. The molecular weight excluding hydrogens is 376 g/mol. The van der Waals surface area contributed by atoms with E-state index in [0.29, 0.717) is 6.54 Å². The lowest BCUT2D eigenvalue weighted by Crippen LogP contribution is -2.37. The Labute approximate surface area is 179 Å². The molecule has 1 amide bonds. The van der Waals surface area contributed by atoms with Gasteiger partial charge in [-0.15, -0.1) is 0 Å². The first-order valence-electron chi connectivity index (χ1n) is 10.9. The average Bonchev–Trinajstić information content (AvgIpc) is 3.10. The van der Waals surface area contributed by atoms with Gasteiger partial charge in [0.2, 0.25) is 0 Å². The first-order valence-corrected chi connectivity index (χ1v) is 10.9. The largest absolute Gasteiger partial charge is 0.356 e. The van der Waals surface area contributed by atoms with E-state index in [1.165, 1.54) is 12.1 Å². The van der Waals surface area contributed by atoms with Gasteiger partial charge in [0.05, 0.1) is 5.69 Å². The van der Waals surface area contributed by atoms with Crippen LogP contribution in [-0.2, 0) is 13.1 Å². The normalized spacial score (nSPS) is 14.6. The number of benzene rings is 1. The fourth-order valence-electron chi connectivity index (χ4n) is 3.79. The van der Waals surface area contributed by atoms with Crippen LogP contribution in [0.25, 0.3) is 0 Å². The van der Waals surface area contributed by atoms with E-state index < -0.39 is 0 Å². The van der Waals surface area contributed by atoms with Crippen molar-refractivity contribution in [3.8, 4) is 0 Å². The third-order valence-electron chi connectivity index (χ3n) is 5.47. The maximum absolute atomic E-state index is 12.6. The molecule has 1 saturated heterocycles. The van der Waals surface area contributed by atoms with Crippen molar-refractivity contribution in [2.45, 2.75) is 52.6 Å². The zero-order valence-corrected chi connectivity index (χ0v) is 18.4. The van der Waals surface area contributed by atoms with Crippen molar-refractivity contribution in [3.63, 3.8) is 0 Å². The summed E-state index contributed by atoms with van der Waals surface area (Å²) in [5.41, 5.74) is 4.14. The van der Waals surface area contributed by atoms with Gasteiger partial charge in [-0.1, -0.05) is 12.1 Å². The average molecular weight is 411 g/mol. The van der Waals surface area contributed by atoms with E-state index in [1.807, 2.05) is 40.8 Å². The highest BCUT2D eigenvalue weighted by Gasteiger charge is 2.17. The number of hydrogen-bond acceptors (Lipinski definition) is 3. The van der Waals surface area contributed by atoms with E-state index in [0.717, 1.165) is 68.2 Å². The molecule has 0 atom stereocenters. The lowest BCUT2D eigenvalue weighted by Gasteiger charge is -2.26. The summed E-state index contributed by atoms with van der Waals surface area (Å²) < 4.78 is 2.04. The van der Waals surface area contributed by atoms with Gasteiger partial charge >= 0.3 is 0 Å². The molecule has 1 fully saturated rings. The van der Waals surface area contributed by atoms with E-state index in [2.05, 4.69) is 33.7 Å². The number of guanidine groups is 1. The van der Waals surface area contributed by atoms with E-state index in [9.17, 15) is 4.79 Å². The van der Waals surface area contributed by atoms with Crippen LogP contribution in [0.3, 0.4) is 0 Å². The predicted octanol–water partition coefficient (Wildman–Crippen LogP) is 2.88. The highest BCUT2D eigenvalue weighted by Crippen LogP contribution is 2.14. The molecular formula is C23H34N6O. The Morgan fingerprint density at radius 2 is 1.83 bits per heavy atom. The number of likely N-dealkylation sites (tertiary alicyclic amines) is 1. The summed E-state index contributed by atoms with van der Waals surface area (Å²) in [4.78, 5) is 18.8. The number of hydrogen-bond donors (Lipinski definition) is 2.